The van der Waals surface area contributed by atoms with Gasteiger partial charge in [-0.1, -0.05) is 6.07 Å². The summed E-state index contributed by atoms with van der Waals surface area (Å²) in [6.07, 6.45) is 0. The van der Waals surface area contributed by atoms with Crippen molar-refractivity contribution < 1.29 is 9.84 Å². The van der Waals surface area contributed by atoms with Gasteiger partial charge in [0.05, 0.1) is 6.61 Å². The molecule has 0 saturated carbocycles. The monoisotopic (exact) mass is 264 g/mol. The van der Waals surface area contributed by atoms with E-state index in [9.17, 15) is 0 Å². The third kappa shape index (κ3) is 2.34. The van der Waals surface area contributed by atoms with Crippen molar-refractivity contribution >= 4 is 22.6 Å². The minimum atomic E-state index is 0.300. The Hall–Kier alpha value is -0.290. The van der Waals surface area contributed by atoms with E-state index in [1.165, 1.54) is 0 Å². The highest BCUT2D eigenvalue weighted by molar-refractivity contribution is 14.1. The van der Waals surface area contributed by atoms with Crippen LogP contribution >= 0.6 is 22.6 Å². The summed E-state index contributed by atoms with van der Waals surface area (Å²) in [6, 6.07) is 5.24. The molecular weight excluding hydrogens is 255 g/mol. The first-order valence-electron chi connectivity index (χ1n) is 3.20. The largest absolute Gasteiger partial charge is 0.508 e. The van der Waals surface area contributed by atoms with Crippen LogP contribution in [0.3, 0.4) is 0 Å². The van der Waals surface area contributed by atoms with E-state index >= 15 is 0 Å². The zero-order chi connectivity index (χ0) is 8.27. The molecule has 0 unspecified atom stereocenters. The van der Waals surface area contributed by atoms with Crippen molar-refractivity contribution in [2.75, 3.05) is 7.11 Å². The van der Waals surface area contributed by atoms with Crippen molar-refractivity contribution in [3.05, 3.63) is 27.3 Å². The van der Waals surface area contributed by atoms with Gasteiger partial charge in [-0.25, -0.2) is 0 Å². The SMILES string of the molecule is COCc1ccc(O)cc1I. The van der Waals surface area contributed by atoms with Crippen molar-refractivity contribution in [2.24, 2.45) is 0 Å². The molecule has 3 heteroatoms. The van der Waals surface area contributed by atoms with E-state index in [1.54, 1.807) is 19.2 Å². The molecule has 0 amide bonds. The molecule has 0 atom stereocenters. The average molecular weight is 264 g/mol. The highest BCUT2D eigenvalue weighted by Crippen LogP contribution is 2.18. The quantitative estimate of drug-likeness (QED) is 0.829. The molecule has 0 aliphatic carbocycles. The van der Waals surface area contributed by atoms with Gasteiger partial charge in [0.1, 0.15) is 5.75 Å². The molecule has 60 valence electrons. The van der Waals surface area contributed by atoms with Gasteiger partial charge in [-0.05, 0) is 40.3 Å². The molecule has 0 fully saturated rings. The third-order valence-corrected chi connectivity index (χ3v) is 2.34. The molecule has 0 heterocycles. The topological polar surface area (TPSA) is 29.5 Å². The molecule has 2 nitrogen and oxygen atoms in total. The van der Waals surface area contributed by atoms with Gasteiger partial charge in [0, 0.05) is 10.7 Å². The van der Waals surface area contributed by atoms with Gasteiger partial charge >= 0.3 is 0 Å². The second-order valence-electron chi connectivity index (χ2n) is 2.21. The Balaban J connectivity index is 2.90. The van der Waals surface area contributed by atoms with Gasteiger partial charge in [-0.15, -0.1) is 0 Å². The first-order valence-corrected chi connectivity index (χ1v) is 4.28. The zero-order valence-corrected chi connectivity index (χ0v) is 8.33. The molecule has 0 saturated heterocycles. The highest BCUT2D eigenvalue weighted by atomic mass is 127. The van der Waals surface area contributed by atoms with Crippen LogP contribution < -0.4 is 0 Å². The van der Waals surface area contributed by atoms with Crippen LogP contribution in [0.15, 0.2) is 18.2 Å². The Labute approximate surface area is 79.3 Å². The Morgan fingerprint density at radius 1 is 1.55 bits per heavy atom. The number of methoxy groups -OCH3 is 1. The second-order valence-corrected chi connectivity index (χ2v) is 3.37. The molecule has 0 aliphatic rings. The molecule has 1 aromatic carbocycles. The van der Waals surface area contributed by atoms with Crippen molar-refractivity contribution in [1.82, 2.24) is 0 Å². The molecule has 0 radical (unpaired) electrons. The lowest BCUT2D eigenvalue weighted by atomic mass is 10.2. The number of aromatic hydroxyl groups is 1. The van der Waals surface area contributed by atoms with Crippen LogP contribution in [0.1, 0.15) is 5.56 Å². The predicted molar refractivity (Wildman–Crippen MR) is 51.5 cm³/mol. The van der Waals surface area contributed by atoms with Gasteiger partial charge in [0.2, 0.25) is 0 Å². The number of benzene rings is 1. The lowest BCUT2D eigenvalue weighted by Crippen LogP contribution is -1.90. The molecule has 0 bridgehead atoms. The van der Waals surface area contributed by atoms with Crippen LogP contribution in [0.4, 0.5) is 0 Å². The van der Waals surface area contributed by atoms with Crippen LogP contribution in [0, 0.1) is 3.57 Å². The minimum Gasteiger partial charge on any atom is -0.508 e. The van der Waals surface area contributed by atoms with Crippen LogP contribution in [0.25, 0.3) is 0 Å². The summed E-state index contributed by atoms with van der Waals surface area (Å²) in [5, 5.41) is 9.06. The number of ether oxygens (including phenoxy) is 1. The molecule has 0 spiro atoms. The predicted octanol–water partition coefficient (Wildman–Crippen LogP) is 2.14. The maximum absolute atomic E-state index is 9.06. The molecule has 1 N–H and O–H groups in total. The van der Waals surface area contributed by atoms with Gasteiger partial charge in [0.25, 0.3) is 0 Å². The van der Waals surface area contributed by atoms with Gasteiger partial charge in [-0.3, -0.25) is 0 Å². The zero-order valence-electron chi connectivity index (χ0n) is 6.17. The Kier molecular flexibility index (Phi) is 3.14. The first-order chi connectivity index (χ1) is 5.24. The molecule has 11 heavy (non-hydrogen) atoms. The lowest BCUT2D eigenvalue weighted by molar-refractivity contribution is 0.184. The van der Waals surface area contributed by atoms with Gasteiger partial charge in [0.15, 0.2) is 0 Å². The molecule has 0 aromatic heterocycles. The normalized spacial score (nSPS) is 10.0. The van der Waals surface area contributed by atoms with Crippen LogP contribution in [0.2, 0.25) is 0 Å². The molecule has 1 rings (SSSR count). The third-order valence-electron chi connectivity index (χ3n) is 1.34. The van der Waals surface area contributed by atoms with Crippen LogP contribution in [-0.4, -0.2) is 12.2 Å². The van der Waals surface area contributed by atoms with Crippen LogP contribution in [0.5, 0.6) is 5.75 Å². The second kappa shape index (κ2) is 3.92. The van der Waals surface area contributed by atoms with Crippen LogP contribution in [-0.2, 0) is 11.3 Å². The Morgan fingerprint density at radius 3 is 2.82 bits per heavy atom. The van der Waals surface area contributed by atoms with Crippen molar-refractivity contribution in [3.63, 3.8) is 0 Å². The van der Waals surface area contributed by atoms with Gasteiger partial charge < -0.3 is 9.84 Å². The smallest absolute Gasteiger partial charge is 0.116 e. The summed E-state index contributed by atoms with van der Waals surface area (Å²) in [5.41, 5.74) is 1.10. The van der Waals surface area contributed by atoms with Gasteiger partial charge in [-0.2, -0.15) is 0 Å². The molecule has 0 aliphatic heterocycles. The summed E-state index contributed by atoms with van der Waals surface area (Å²) in [5.74, 6) is 0.300. The number of rotatable bonds is 2. The van der Waals surface area contributed by atoms with E-state index in [-0.39, 0.29) is 0 Å². The Bertz CT molecular complexity index is 248. The van der Waals surface area contributed by atoms with E-state index in [1.807, 2.05) is 6.07 Å². The lowest BCUT2D eigenvalue weighted by Gasteiger charge is -2.02. The molecular formula is C8H9IO2. The van der Waals surface area contributed by atoms with Crippen molar-refractivity contribution in [3.8, 4) is 5.75 Å². The number of hydrogen-bond donors (Lipinski definition) is 1. The van der Waals surface area contributed by atoms with E-state index in [0.29, 0.717) is 12.4 Å². The van der Waals surface area contributed by atoms with Crippen molar-refractivity contribution in [1.29, 1.82) is 0 Å². The van der Waals surface area contributed by atoms with E-state index < -0.39 is 0 Å². The number of hydrogen-bond acceptors (Lipinski definition) is 2. The summed E-state index contributed by atoms with van der Waals surface area (Å²) in [4.78, 5) is 0. The highest BCUT2D eigenvalue weighted by Gasteiger charge is 1.98. The van der Waals surface area contributed by atoms with E-state index in [4.69, 9.17) is 9.84 Å². The fourth-order valence-electron chi connectivity index (χ4n) is 0.809. The number of phenols is 1. The summed E-state index contributed by atoms with van der Waals surface area (Å²) in [7, 11) is 1.66. The molecule has 1 aromatic rings. The maximum atomic E-state index is 9.06. The number of phenolic OH excluding ortho intramolecular Hbond substituents is 1. The summed E-state index contributed by atoms with van der Waals surface area (Å²) < 4.78 is 5.99. The fraction of sp³-hybridized carbons (Fsp3) is 0.250. The summed E-state index contributed by atoms with van der Waals surface area (Å²) >= 11 is 2.17. The minimum absolute atomic E-state index is 0.300. The number of halogens is 1. The Morgan fingerprint density at radius 2 is 2.27 bits per heavy atom. The van der Waals surface area contributed by atoms with E-state index in [0.717, 1.165) is 9.13 Å². The average Bonchev–Trinajstić information content (AvgIpc) is 1.95. The fourth-order valence-corrected chi connectivity index (χ4v) is 1.46. The first kappa shape index (κ1) is 8.80. The van der Waals surface area contributed by atoms with E-state index in [2.05, 4.69) is 22.6 Å². The maximum Gasteiger partial charge on any atom is 0.116 e. The summed E-state index contributed by atoms with van der Waals surface area (Å²) in [6.45, 7) is 0.596. The standard InChI is InChI=1S/C8H9IO2/c1-11-5-6-2-3-7(10)4-8(6)9/h2-4,10H,5H2,1H3. The van der Waals surface area contributed by atoms with Crippen molar-refractivity contribution in [2.45, 2.75) is 6.61 Å².